The molecular weight excluding hydrogens is 224 g/mol. The van der Waals surface area contributed by atoms with Gasteiger partial charge in [-0.15, -0.1) is 0 Å². The first-order chi connectivity index (χ1) is 7.75. The van der Waals surface area contributed by atoms with Crippen molar-refractivity contribution in [2.45, 2.75) is 19.4 Å². The van der Waals surface area contributed by atoms with Crippen LogP contribution >= 0.6 is 11.6 Å². The zero-order valence-electron chi connectivity index (χ0n) is 9.32. The van der Waals surface area contributed by atoms with Gasteiger partial charge in [0, 0.05) is 12.7 Å². The summed E-state index contributed by atoms with van der Waals surface area (Å²) in [6.45, 7) is 4.85. The molecule has 1 aromatic heterocycles. The Balaban J connectivity index is 2.04. The van der Waals surface area contributed by atoms with E-state index in [0.717, 1.165) is 31.2 Å². The van der Waals surface area contributed by atoms with E-state index >= 15 is 0 Å². The van der Waals surface area contributed by atoms with Crippen LogP contribution in [0.15, 0.2) is 12.3 Å². The highest BCUT2D eigenvalue weighted by molar-refractivity contribution is 6.30. The fraction of sp³-hybridized carbons (Fsp3) is 0.583. The van der Waals surface area contributed by atoms with E-state index in [1.165, 1.54) is 11.4 Å². The summed E-state index contributed by atoms with van der Waals surface area (Å²) in [4.78, 5) is 6.85. The van der Waals surface area contributed by atoms with Gasteiger partial charge in [0.05, 0.1) is 35.7 Å². The van der Waals surface area contributed by atoms with Crippen LogP contribution in [0, 0.1) is 5.92 Å². The second-order valence-corrected chi connectivity index (χ2v) is 5.07. The fourth-order valence-corrected chi connectivity index (χ4v) is 2.85. The first-order valence-corrected chi connectivity index (χ1v) is 6.12. The summed E-state index contributed by atoms with van der Waals surface area (Å²) >= 11 is 6.02. The molecule has 4 heteroatoms. The average molecular weight is 239 g/mol. The second kappa shape index (κ2) is 3.90. The van der Waals surface area contributed by atoms with Crippen LogP contribution in [0.1, 0.15) is 12.6 Å². The van der Waals surface area contributed by atoms with Gasteiger partial charge >= 0.3 is 0 Å². The molecule has 2 aliphatic rings. The number of nitrogens with zero attached hydrogens (tertiary/aromatic N) is 2. The molecule has 3 rings (SSSR count). The van der Waals surface area contributed by atoms with Gasteiger partial charge in [-0.25, -0.2) is 0 Å². The van der Waals surface area contributed by atoms with Crippen molar-refractivity contribution in [3.63, 3.8) is 0 Å². The molecule has 2 atom stereocenters. The van der Waals surface area contributed by atoms with Crippen molar-refractivity contribution in [2.75, 3.05) is 24.7 Å². The zero-order chi connectivity index (χ0) is 11.1. The van der Waals surface area contributed by atoms with Crippen molar-refractivity contribution in [3.05, 3.63) is 23.0 Å². The Morgan fingerprint density at radius 1 is 1.56 bits per heavy atom. The quantitative estimate of drug-likeness (QED) is 0.693. The van der Waals surface area contributed by atoms with Crippen LogP contribution in [0.25, 0.3) is 0 Å². The number of ether oxygens (including phenoxy) is 1. The van der Waals surface area contributed by atoms with Gasteiger partial charge in [-0.2, -0.15) is 0 Å². The molecule has 0 N–H and O–H groups in total. The van der Waals surface area contributed by atoms with E-state index in [1.54, 1.807) is 6.20 Å². The average Bonchev–Trinajstić information content (AvgIpc) is 2.31. The molecule has 0 bridgehead atoms. The Kier molecular flexibility index (Phi) is 2.52. The number of hydrogen-bond donors (Lipinski definition) is 0. The van der Waals surface area contributed by atoms with E-state index in [-0.39, 0.29) is 0 Å². The molecule has 2 unspecified atom stereocenters. The molecule has 0 aromatic carbocycles. The number of pyridine rings is 1. The van der Waals surface area contributed by atoms with E-state index in [4.69, 9.17) is 16.3 Å². The predicted octanol–water partition coefficient (Wildman–Crippen LogP) is 2.13. The molecule has 0 aliphatic carbocycles. The summed E-state index contributed by atoms with van der Waals surface area (Å²) in [6.07, 6.45) is 2.77. The molecule has 86 valence electrons. The number of anilines is 1. The van der Waals surface area contributed by atoms with Gasteiger partial charge in [-0.1, -0.05) is 18.5 Å². The van der Waals surface area contributed by atoms with E-state index in [2.05, 4.69) is 16.8 Å². The lowest BCUT2D eigenvalue weighted by molar-refractivity contribution is 0.0748. The Morgan fingerprint density at radius 3 is 3.31 bits per heavy atom. The summed E-state index contributed by atoms with van der Waals surface area (Å²) < 4.78 is 5.56. The summed E-state index contributed by atoms with van der Waals surface area (Å²) in [6, 6.07) is 2.52. The third-order valence-corrected chi connectivity index (χ3v) is 3.77. The van der Waals surface area contributed by atoms with Gasteiger partial charge in [-0.3, -0.25) is 4.98 Å². The molecule has 0 saturated carbocycles. The number of hydrogen-bond acceptors (Lipinski definition) is 3. The molecule has 0 spiro atoms. The number of morpholine rings is 1. The van der Waals surface area contributed by atoms with Crippen molar-refractivity contribution < 1.29 is 4.74 Å². The maximum atomic E-state index is 6.02. The van der Waals surface area contributed by atoms with Crippen LogP contribution in [0.2, 0.25) is 5.02 Å². The van der Waals surface area contributed by atoms with Crippen LogP contribution in [0.5, 0.6) is 0 Å². The van der Waals surface area contributed by atoms with Crippen LogP contribution in [0.3, 0.4) is 0 Å². The highest BCUT2D eigenvalue weighted by Gasteiger charge is 2.34. The Hall–Kier alpha value is -0.800. The highest BCUT2D eigenvalue weighted by atomic mass is 35.5. The summed E-state index contributed by atoms with van der Waals surface area (Å²) in [5, 5.41) is 0.721. The van der Waals surface area contributed by atoms with Gasteiger partial charge in [0.25, 0.3) is 0 Å². The van der Waals surface area contributed by atoms with Crippen molar-refractivity contribution in [3.8, 4) is 0 Å². The lowest BCUT2D eigenvalue weighted by Gasteiger charge is -2.44. The maximum Gasteiger partial charge on any atom is 0.0673 e. The van der Waals surface area contributed by atoms with Crippen LogP contribution in [-0.2, 0) is 11.2 Å². The standard InChI is InChI=1S/C12H15ClN2O/c1-8-4-10-11(5-9(13)6-14-10)15-2-3-16-7-12(8)15/h5-6,8,12H,2-4,7H2,1H3. The fourth-order valence-electron chi connectivity index (χ4n) is 2.70. The minimum Gasteiger partial charge on any atom is -0.377 e. The van der Waals surface area contributed by atoms with Crippen LogP contribution in [0.4, 0.5) is 5.69 Å². The van der Waals surface area contributed by atoms with E-state index in [1.807, 2.05) is 6.07 Å². The number of fused-ring (bicyclic) bond motifs is 3. The minimum absolute atomic E-state index is 0.488. The lowest BCUT2D eigenvalue weighted by atomic mass is 9.89. The molecule has 3 heterocycles. The van der Waals surface area contributed by atoms with E-state index in [9.17, 15) is 0 Å². The molecule has 1 aromatic rings. The predicted molar refractivity (Wildman–Crippen MR) is 64.1 cm³/mol. The first-order valence-electron chi connectivity index (χ1n) is 5.74. The Bertz CT molecular complexity index is 410. The number of halogens is 1. The summed E-state index contributed by atoms with van der Waals surface area (Å²) in [5.74, 6) is 0.599. The highest BCUT2D eigenvalue weighted by Crippen LogP contribution is 2.35. The molecule has 1 fully saturated rings. The van der Waals surface area contributed by atoms with Gasteiger partial charge in [0.2, 0.25) is 0 Å². The summed E-state index contributed by atoms with van der Waals surface area (Å²) in [5.41, 5.74) is 2.38. The smallest absolute Gasteiger partial charge is 0.0673 e. The number of aromatic nitrogens is 1. The van der Waals surface area contributed by atoms with Crippen molar-refractivity contribution in [1.29, 1.82) is 0 Å². The molecular formula is C12H15ClN2O. The SMILES string of the molecule is CC1Cc2ncc(Cl)cc2N2CCOCC12. The van der Waals surface area contributed by atoms with Crippen LogP contribution < -0.4 is 4.90 Å². The second-order valence-electron chi connectivity index (χ2n) is 4.64. The minimum atomic E-state index is 0.488. The molecule has 1 saturated heterocycles. The Morgan fingerprint density at radius 2 is 2.44 bits per heavy atom. The normalized spacial score (nSPS) is 28.5. The molecule has 0 amide bonds. The van der Waals surface area contributed by atoms with Crippen molar-refractivity contribution >= 4 is 17.3 Å². The van der Waals surface area contributed by atoms with Gasteiger partial charge in [0.1, 0.15) is 0 Å². The molecule has 16 heavy (non-hydrogen) atoms. The van der Waals surface area contributed by atoms with Gasteiger partial charge in [0.15, 0.2) is 0 Å². The third kappa shape index (κ3) is 1.59. The molecule has 0 radical (unpaired) electrons. The monoisotopic (exact) mass is 238 g/mol. The largest absolute Gasteiger partial charge is 0.377 e. The summed E-state index contributed by atoms with van der Waals surface area (Å²) in [7, 11) is 0. The third-order valence-electron chi connectivity index (χ3n) is 3.56. The molecule has 2 aliphatic heterocycles. The first kappa shape index (κ1) is 10.4. The van der Waals surface area contributed by atoms with Gasteiger partial charge < -0.3 is 9.64 Å². The van der Waals surface area contributed by atoms with E-state index in [0.29, 0.717) is 12.0 Å². The van der Waals surface area contributed by atoms with Gasteiger partial charge in [-0.05, 0) is 18.4 Å². The Labute approximate surface area is 100 Å². The maximum absolute atomic E-state index is 6.02. The lowest BCUT2D eigenvalue weighted by Crippen LogP contribution is -2.52. The van der Waals surface area contributed by atoms with Crippen molar-refractivity contribution in [1.82, 2.24) is 4.98 Å². The molecule has 3 nitrogen and oxygen atoms in total. The topological polar surface area (TPSA) is 25.4 Å². The number of rotatable bonds is 0. The zero-order valence-corrected chi connectivity index (χ0v) is 10.1. The van der Waals surface area contributed by atoms with Crippen molar-refractivity contribution in [2.24, 2.45) is 5.92 Å². The van der Waals surface area contributed by atoms with E-state index < -0.39 is 0 Å². The van der Waals surface area contributed by atoms with Crippen LogP contribution in [-0.4, -0.2) is 30.8 Å².